The van der Waals surface area contributed by atoms with Gasteiger partial charge in [-0.05, 0) is 54.1 Å². The highest BCUT2D eigenvalue weighted by molar-refractivity contribution is 5.84. The molecule has 0 atom stereocenters. The summed E-state index contributed by atoms with van der Waals surface area (Å²) in [6, 6.07) is 14.2. The number of nitrogens with one attached hydrogen (secondary N) is 1. The summed E-state index contributed by atoms with van der Waals surface area (Å²) in [4.78, 5) is 21.5. The van der Waals surface area contributed by atoms with E-state index in [1.54, 1.807) is 25.3 Å². The van der Waals surface area contributed by atoms with Gasteiger partial charge in [-0.15, -0.1) is 0 Å². The highest BCUT2D eigenvalue weighted by Gasteiger charge is 2.27. The number of carbonyl (C=O) groups is 1. The van der Waals surface area contributed by atoms with Gasteiger partial charge in [0.05, 0.1) is 30.2 Å². The van der Waals surface area contributed by atoms with E-state index in [-0.39, 0.29) is 11.7 Å². The van der Waals surface area contributed by atoms with Gasteiger partial charge < -0.3 is 9.88 Å². The fraction of sp³-hybridized carbons (Fsp3) is 0.174. The van der Waals surface area contributed by atoms with E-state index >= 15 is 0 Å². The molecule has 0 spiro atoms. The standard InChI is InChI=1S/C23H20FN5O/c1-15(30)28-11-12-29-21(14-28)22(23(27-29)16-4-6-18(24)7-5-16)17-8-10-26-20(13-17)19-3-2-9-25-19/h2-10,13,25H,11-12,14H2,1H3. The minimum absolute atomic E-state index is 0.0403. The van der Waals surface area contributed by atoms with Gasteiger partial charge in [-0.1, -0.05) is 0 Å². The number of carbonyl (C=O) groups excluding carboxylic acids is 1. The van der Waals surface area contributed by atoms with Gasteiger partial charge >= 0.3 is 0 Å². The number of aromatic amines is 1. The summed E-state index contributed by atoms with van der Waals surface area (Å²) in [5.74, 6) is -0.247. The molecule has 0 saturated carbocycles. The van der Waals surface area contributed by atoms with Crippen molar-refractivity contribution < 1.29 is 9.18 Å². The van der Waals surface area contributed by atoms with E-state index in [0.717, 1.165) is 39.5 Å². The molecule has 4 heterocycles. The van der Waals surface area contributed by atoms with Gasteiger partial charge in [-0.2, -0.15) is 5.10 Å². The maximum atomic E-state index is 13.5. The van der Waals surface area contributed by atoms with Crippen molar-refractivity contribution in [1.82, 2.24) is 24.6 Å². The largest absolute Gasteiger partial charge is 0.360 e. The van der Waals surface area contributed by atoms with Gasteiger partial charge in [-0.25, -0.2) is 4.39 Å². The molecule has 1 N–H and O–H groups in total. The summed E-state index contributed by atoms with van der Waals surface area (Å²) in [5.41, 5.74) is 6.23. The molecule has 0 fully saturated rings. The number of hydrogen-bond donors (Lipinski definition) is 1. The third-order valence-corrected chi connectivity index (χ3v) is 5.47. The Bertz CT molecular complexity index is 1210. The van der Waals surface area contributed by atoms with Crippen LogP contribution in [0.3, 0.4) is 0 Å². The first-order valence-electron chi connectivity index (χ1n) is 9.81. The first-order chi connectivity index (χ1) is 14.6. The summed E-state index contributed by atoms with van der Waals surface area (Å²) in [7, 11) is 0. The third kappa shape index (κ3) is 3.18. The van der Waals surface area contributed by atoms with E-state index in [4.69, 9.17) is 5.10 Å². The van der Waals surface area contributed by atoms with Gasteiger partial charge in [0, 0.05) is 37.0 Å². The van der Waals surface area contributed by atoms with Crippen molar-refractivity contribution in [2.24, 2.45) is 0 Å². The number of aromatic nitrogens is 4. The highest BCUT2D eigenvalue weighted by atomic mass is 19.1. The molecule has 0 radical (unpaired) electrons. The van der Waals surface area contributed by atoms with Crippen molar-refractivity contribution in [2.75, 3.05) is 6.54 Å². The lowest BCUT2D eigenvalue weighted by Crippen LogP contribution is -2.37. The number of hydrogen-bond acceptors (Lipinski definition) is 3. The molecule has 0 unspecified atom stereocenters. The number of rotatable bonds is 3. The number of H-pyrrole nitrogens is 1. The van der Waals surface area contributed by atoms with Gasteiger partial charge in [-0.3, -0.25) is 14.5 Å². The average molecular weight is 401 g/mol. The minimum Gasteiger partial charge on any atom is -0.360 e. The number of benzene rings is 1. The predicted molar refractivity (Wildman–Crippen MR) is 112 cm³/mol. The van der Waals surface area contributed by atoms with Crippen LogP contribution >= 0.6 is 0 Å². The Morgan fingerprint density at radius 3 is 2.67 bits per heavy atom. The molecule has 1 aliphatic heterocycles. The molecule has 0 saturated heterocycles. The molecule has 1 aromatic carbocycles. The average Bonchev–Trinajstić information content (AvgIpc) is 3.42. The zero-order valence-electron chi connectivity index (χ0n) is 16.5. The Balaban J connectivity index is 1.70. The predicted octanol–water partition coefficient (Wildman–Crippen LogP) is 4.11. The van der Waals surface area contributed by atoms with Crippen molar-refractivity contribution in [3.8, 4) is 33.8 Å². The van der Waals surface area contributed by atoms with E-state index in [1.165, 1.54) is 12.1 Å². The van der Waals surface area contributed by atoms with Crippen LogP contribution in [-0.2, 0) is 17.9 Å². The second-order valence-corrected chi connectivity index (χ2v) is 7.35. The van der Waals surface area contributed by atoms with Gasteiger partial charge in [0.25, 0.3) is 0 Å². The maximum absolute atomic E-state index is 13.5. The smallest absolute Gasteiger partial charge is 0.219 e. The monoisotopic (exact) mass is 401 g/mol. The van der Waals surface area contributed by atoms with Crippen LogP contribution in [0.4, 0.5) is 4.39 Å². The van der Waals surface area contributed by atoms with Crippen molar-refractivity contribution in [1.29, 1.82) is 0 Å². The normalized spacial score (nSPS) is 13.3. The molecule has 0 aliphatic carbocycles. The number of pyridine rings is 1. The zero-order valence-corrected chi connectivity index (χ0v) is 16.5. The molecule has 1 aliphatic rings. The molecule has 4 aromatic rings. The van der Waals surface area contributed by atoms with Crippen molar-refractivity contribution in [2.45, 2.75) is 20.0 Å². The first kappa shape index (κ1) is 18.3. The second kappa shape index (κ2) is 7.26. The number of fused-ring (bicyclic) bond motifs is 1. The first-order valence-corrected chi connectivity index (χ1v) is 9.81. The lowest BCUT2D eigenvalue weighted by Gasteiger charge is -2.27. The van der Waals surface area contributed by atoms with E-state index < -0.39 is 0 Å². The molecule has 150 valence electrons. The fourth-order valence-corrected chi connectivity index (χ4v) is 3.92. The summed E-state index contributed by atoms with van der Waals surface area (Å²) in [6.07, 6.45) is 3.63. The van der Waals surface area contributed by atoms with Crippen LogP contribution in [-0.4, -0.2) is 37.1 Å². The van der Waals surface area contributed by atoms with Gasteiger partial charge in [0.1, 0.15) is 11.5 Å². The van der Waals surface area contributed by atoms with Crippen molar-refractivity contribution in [3.63, 3.8) is 0 Å². The molecule has 1 amide bonds. The highest BCUT2D eigenvalue weighted by Crippen LogP contribution is 2.37. The Morgan fingerprint density at radius 1 is 1.10 bits per heavy atom. The Kier molecular flexibility index (Phi) is 4.43. The van der Waals surface area contributed by atoms with Crippen LogP contribution in [0.25, 0.3) is 33.8 Å². The molecule has 6 nitrogen and oxygen atoms in total. The van der Waals surface area contributed by atoms with Crippen LogP contribution in [0.2, 0.25) is 0 Å². The third-order valence-electron chi connectivity index (χ3n) is 5.47. The van der Waals surface area contributed by atoms with E-state index in [0.29, 0.717) is 19.6 Å². The van der Waals surface area contributed by atoms with Crippen molar-refractivity contribution >= 4 is 5.91 Å². The summed E-state index contributed by atoms with van der Waals surface area (Å²) >= 11 is 0. The Labute approximate surface area is 173 Å². The summed E-state index contributed by atoms with van der Waals surface area (Å²) in [6.45, 7) is 3.31. The number of halogens is 1. The number of amides is 1. The van der Waals surface area contributed by atoms with Crippen LogP contribution in [0, 0.1) is 5.82 Å². The van der Waals surface area contributed by atoms with Gasteiger partial charge in [0.15, 0.2) is 0 Å². The van der Waals surface area contributed by atoms with Crippen LogP contribution in [0.15, 0.2) is 60.9 Å². The molecule has 7 heteroatoms. The lowest BCUT2D eigenvalue weighted by atomic mass is 9.98. The fourth-order valence-electron chi connectivity index (χ4n) is 3.92. The van der Waals surface area contributed by atoms with Crippen LogP contribution in [0.1, 0.15) is 12.6 Å². The Morgan fingerprint density at radius 2 is 1.93 bits per heavy atom. The van der Waals surface area contributed by atoms with E-state index in [2.05, 4.69) is 9.97 Å². The topological polar surface area (TPSA) is 66.8 Å². The second-order valence-electron chi connectivity index (χ2n) is 7.35. The Hall–Kier alpha value is -3.74. The molecule has 30 heavy (non-hydrogen) atoms. The maximum Gasteiger partial charge on any atom is 0.219 e. The molecular weight excluding hydrogens is 381 g/mol. The van der Waals surface area contributed by atoms with Crippen LogP contribution < -0.4 is 0 Å². The van der Waals surface area contributed by atoms with Gasteiger partial charge in [0.2, 0.25) is 5.91 Å². The van der Waals surface area contributed by atoms with E-state index in [9.17, 15) is 9.18 Å². The SMILES string of the molecule is CC(=O)N1CCn2nc(-c3ccc(F)cc3)c(-c3ccnc(-c4ccc[nH]4)c3)c2C1. The molecule has 3 aromatic heterocycles. The van der Waals surface area contributed by atoms with Crippen molar-refractivity contribution in [3.05, 3.63) is 72.4 Å². The molecule has 0 bridgehead atoms. The van der Waals surface area contributed by atoms with E-state index in [1.807, 2.05) is 40.0 Å². The molecule has 5 rings (SSSR count). The zero-order chi connectivity index (χ0) is 20.7. The lowest BCUT2D eigenvalue weighted by molar-refractivity contribution is -0.130. The van der Waals surface area contributed by atoms with Crippen LogP contribution in [0.5, 0.6) is 0 Å². The minimum atomic E-state index is -0.287. The molecular formula is C23H20FN5O. The number of nitrogens with zero attached hydrogens (tertiary/aromatic N) is 4. The quantitative estimate of drug-likeness (QED) is 0.562. The summed E-state index contributed by atoms with van der Waals surface area (Å²) in [5, 5.41) is 4.84. The summed E-state index contributed by atoms with van der Waals surface area (Å²) < 4.78 is 15.5.